The topological polar surface area (TPSA) is 72.7 Å². The molecule has 0 aromatic carbocycles. The summed E-state index contributed by atoms with van der Waals surface area (Å²) in [5.74, 6) is 0.508. The quantitative estimate of drug-likeness (QED) is 0.799. The summed E-state index contributed by atoms with van der Waals surface area (Å²) in [4.78, 5) is 24.7. The van der Waals surface area contributed by atoms with Gasteiger partial charge in [-0.1, -0.05) is 0 Å². The maximum atomic E-state index is 12.2. The van der Waals surface area contributed by atoms with E-state index in [1.165, 1.54) is 0 Å². The Morgan fingerprint density at radius 2 is 2.33 bits per heavy atom. The van der Waals surface area contributed by atoms with E-state index in [1.54, 1.807) is 53.0 Å². The van der Waals surface area contributed by atoms with Crippen LogP contribution in [0.1, 0.15) is 21.1 Å². The largest absolute Gasteiger partial charge is 0.346 e. The van der Waals surface area contributed by atoms with Gasteiger partial charge in [0.15, 0.2) is 0 Å². The first-order chi connectivity index (χ1) is 10.2. The molecule has 0 aliphatic heterocycles. The number of nitrogens with one attached hydrogen (secondary N) is 1. The van der Waals surface area contributed by atoms with Crippen molar-refractivity contribution in [2.24, 2.45) is 0 Å². The maximum absolute atomic E-state index is 12.2. The van der Waals surface area contributed by atoms with Crippen LogP contribution in [0.15, 0.2) is 42.4 Å². The Balaban J connectivity index is 1.71. The smallest absolute Gasteiger partial charge is 0.251 e. The molecule has 1 N–H and O–H groups in total. The summed E-state index contributed by atoms with van der Waals surface area (Å²) < 4.78 is 1.75. The number of hydrogen-bond donors (Lipinski definition) is 1. The predicted octanol–water partition coefficient (Wildman–Crippen LogP) is 1.96. The first kappa shape index (κ1) is 13.4. The second kappa shape index (κ2) is 5.84. The van der Waals surface area contributed by atoms with Crippen LogP contribution in [-0.2, 0) is 6.54 Å². The van der Waals surface area contributed by atoms with E-state index >= 15 is 0 Å². The third kappa shape index (κ3) is 3.14. The molecule has 0 aliphatic carbocycles. The highest BCUT2D eigenvalue weighted by Gasteiger charge is 2.08. The summed E-state index contributed by atoms with van der Waals surface area (Å²) in [6, 6.07) is 3.41. The molecule has 3 rings (SSSR count). The number of imidazole rings is 1. The van der Waals surface area contributed by atoms with Gasteiger partial charge < -0.3 is 5.32 Å². The lowest BCUT2D eigenvalue weighted by Gasteiger charge is -2.05. The second-order valence-corrected chi connectivity index (χ2v) is 5.48. The predicted molar refractivity (Wildman–Crippen MR) is 79.4 cm³/mol. The minimum atomic E-state index is -0.149. The van der Waals surface area contributed by atoms with E-state index in [4.69, 9.17) is 0 Å². The van der Waals surface area contributed by atoms with E-state index in [-0.39, 0.29) is 5.91 Å². The first-order valence-corrected chi connectivity index (χ1v) is 7.24. The molecule has 3 aromatic rings. The molecule has 0 aliphatic rings. The zero-order valence-corrected chi connectivity index (χ0v) is 12.2. The van der Waals surface area contributed by atoms with Crippen molar-refractivity contribution in [3.8, 4) is 5.82 Å². The fraction of sp³-hybridized carbons (Fsp3) is 0.143. The lowest BCUT2D eigenvalue weighted by atomic mass is 10.2. The van der Waals surface area contributed by atoms with Crippen LogP contribution in [0, 0.1) is 6.92 Å². The molecule has 0 saturated carbocycles. The van der Waals surface area contributed by atoms with Crippen LogP contribution in [0.2, 0.25) is 0 Å². The fourth-order valence-corrected chi connectivity index (χ4v) is 2.47. The maximum Gasteiger partial charge on any atom is 0.251 e. The van der Waals surface area contributed by atoms with E-state index in [2.05, 4.69) is 20.3 Å². The van der Waals surface area contributed by atoms with Crippen molar-refractivity contribution < 1.29 is 4.79 Å². The van der Waals surface area contributed by atoms with Crippen LogP contribution in [0.4, 0.5) is 0 Å². The van der Waals surface area contributed by atoms with Gasteiger partial charge in [-0.05, 0) is 19.1 Å². The van der Waals surface area contributed by atoms with E-state index in [1.807, 2.05) is 12.3 Å². The number of aryl methyl sites for hydroxylation is 1. The molecule has 6 nitrogen and oxygen atoms in total. The lowest BCUT2D eigenvalue weighted by molar-refractivity contribution is 0.0950. The highest BCUT2D eigenvalue weighted by atomic mass is 32.1. The van der Waals surface area contributed by atoms with Gasteiger partial charge in [0.2, 0.25) is 0 Å². The van der Waals surface area contributed by atoms with Crippen LogP contribution < -0.4 is 5.32 Å². The summed E-state index contributed by atoms with van der Waals surface area (Å²) in [6.45, 7) is 2.36. The molecule has 0 spiro atoms. The number of hydrogen-bond acceptors (Lipinski definition) is 5. The number of thiazole rings is 1. The molecule has 3 aromatic heterocycles. The molecule has 1 amide bonds. The molecule has 21 heavy (non-hydrogen) atoms. The van der Waals surface area contributed by atoms with E-state index in [9.17, 15) is 4.79 Å². The van der Waals surface area contributed by atoms with Gasteiger partial charge in [0, 0.05) is 29.5 Å². The third-order valence-corrected chi connectivity index (χ3v) is 3.70. The number of carbonyl (C=O) groups excluding carboxylic acids is 1. The Bertz CT molecular complexity index is 750. The van der Waals surface area contributed by atoms with Crippen LogP contribution in [0.25, 0.3) is 5.82 Å². The second-order valence-electron chi connectivity index (χ2n) is 4.41. The lowest BCUT2D eigenvalue weighted by Crippen LogP contribution is -2.23. The van der Waals surface area contributed by atoms with Crippen LogP contribution >= 0.6 is 11.3 Å². The van der Waals surface area contributed by atoms with E-state index < -0.39 is 0 Å². The van der Waals surface area contributed by atoms with Gasteiger partial charge in [0.1, 0.15) is 12.1 Å². The fourth-order valence-electron chi connectivity index (χ4n) is 1.86. The molecule has 3 heterocycles. The number of aromatic nitrogens is 4. The summed E-state index contributed by atoms with van der Waals surface area (Å²) in [5, 5.41) is 5.79. The van der Waals surface area contributed by atoms with Crippen LogP contribution in [0.3, 0.4) is 0 Å². The van der Waals surface area contributed by atoms with Crippen molar-refractivity contribution in [3.05, 3.63) is 58.7 Å². The standard InChI is InChI=1S/C14H13N5OS/c1-10-18-12(8-21-10)7-17-14(20)11-2-3-16-13(6-11)19-5-4-15-9-19/h2-6,8-9H,7H2,1H3,(H,17,20). The van der Waals surface area contributed by atoms with Gasteiger partial charge in [-0.15, -0.1) is 11.3 Å². The van der Waals surface area contributed by atoms with Crippen LogP contribution in [0.5, 0.6) is 0 Å². The Morgan fingerprint density at radius 3 is 3.05 bits per heavy atom. The Kier molecular flexibility index (Phi) is 3.74. The number of rotatable bonds is 4. The molecule has 0 atom stereocenters. The Labute approximate surface area is 125 Å². The highest BCUT2D eigenvalue weighted by Crippen LogP contribution is 2.09. The molecule has 0 unspecified atom stereocenters. The molecule has 0 fully saturated rings. The Morgan fingerprint density at radius 1 is 1.43 bits per heavy atom. The van der Waals surface area contributed by atoms with Gasteiger partial charge in [-0.25, -0.2) is 15.0 Å². The van der Waals surface area contributed by atoms with E-state index in [0.29, 0.717) is 17.9 Å². The SMILES string of the molecule is Cc1nc(CNC(=O)c2ccnc(-n3ccnc3)c2)cs1. The number of nitrogens with zero attached hydrogens (tertiary/aromatic N) is 4. The summed E-state index contributed by atoms with van der Waals surface area (Å²) in [5.41, 5.74) is 1.43. The molecule has 106 valence electrons. The molecule has 0 bridgehead atoms. The molecule has 7 heteroatoms. The molecule has 0 saturated heterocycles. The van der Waals surface area contributed by atoms with E-state index in [0.717, 1.165) is 10.7 Å². The van der Waals surface area contributed by atoms with Gasteiger partial charge in [-0.2, -0.15) is 0 Å². The summed E-state index contributed by atoms with van der Waals surface area (Å²) in [7, 11) is 0. The first-order valence-electron chi connectivity index (χ1n) is 6.36. The normalized spacial score (nSPS) is 10.5. The molecular weight excluding hydrogens is 286 g/mol. The minimum Gasteiger partial charge on any atom is -0.346 e. The van der Waals surface area contributed by atoms with Crippen molar-refractivity contribution in [1.29, 1.82) is 0 Å². The molecular formula is C14H13N5OS. The van der Waals surface area contributed by atoms with Gasteiger partial charge in [0.25, 0.3) is 5.91 Å². The van der Waals surface area contributed by atoms with Crippen molar-refractivity contribution in [1.82, 2.24) is 24.8 Å². The van der Waals surface area contributed by atoms with Crippen molar-refractivity contribution in [2.45, 2.75) is 13.5 Å². The highest BCUT2D eigenvalue weighted by molar-refractivity contribution is 7.09. The zero-order valence-electron chi connectivity index (χ0n) is 11.4. The third-order valence-electron chi connectivity index (χ3n) is 2.87. The van der Waals surface area contributed by atoms with Gasteiger partial charge in [0.05, 0.1) is 17.2 Å². The van der Waals surface area contributed by atoms with Gasteiger partial charge >= 0.3 is 0 Å². The van der Waals surface area contributed by atoms with Crippen molar-refractivity contribution >= 4 is 17.2 Å². The van der Waals surface area contributed by atoms with Crippen molar-refractivity contribution in [3.63, 3.8) is 0 Å². The summed E-state index contributed by atoms with van der Waals surface area (Å²) in [6.07, 6.45) is 6.69. The van der Waals surface area contributed by atoms with Crippen LogP contribution in [-0.4, -0.2) is 25.4 Å². The monoisotopic (exact) mass is 299 g/mol. The molecule has 0 radical (unpaired) electrons. The summed E-state index contributed by atoms with van der Waals surface area (Å²) >= 11 is 1.57. The number of carbonyl (C=O) groups is 1. The average Bonchev–Trinajstić information content (AvgIpc) is 3.16. The van der Waals surface area contributed by atoms with Gasteiger partial charge in [-0.3, -0.25) is 9.36 Å². The minimum absolute atomic E-state index is 0.149. The number of pyridine rings is 1. The number of amides is 1. The van der Waals surface area contributed by atoms with Crippen molar-refractivity contribution in [2.75, 3.05) is 0 Å². The Hall–Kier alpha value is -2.54. The average molecular weight is 299 g/mol. The zero-order chi connectivity index (χ0) is 14.7.